The van der Waals surface area contributed by atoms with Crippen molar-refractivity contribution in [3.63, 3.8) is 0 Å². The van der Waals surface area contributed by atoms with Crippen molar-refractivity contribution in [2.45, 2.75) is 93.0 Å². The van der Waals surface area contributed by atoms with Crippen molar-refractivity contribution < 1.29 is 38.1 Å². The summed E-state index contributed by atoms with van der Waals surface area (Å²) in [5.74, 6) is -0.388. The van der Waals surface area contributed by atoms with Gasteiger partial charge < -0.3 is 25.2 Å². The van der Waals surface area contributed by atoms with Crippen molar-refractivity contribution in [1.29, 1.82) is 0 Å². The first kappa shape index (κ1) is 44.1. The number of ether oxygens (including phenoxy) is 2. The first-order valence-corrected chi connectivity index (χ1v) is 17.4. The third-order valence-corrected chi connectivity index (χ3v) is 8.91. The minimum absolute atomic E-state index is 0.0460. The van der Waals surface area contributed by atoms with Crippen LogP contribution in [-0.4, -0.2) is 55.2 Å². The third kappa shape index (κ3) is 16.7. The van der Waals surface area contributed by atoms with E-state index in [0.29, 0.717) is 41.6 Å². The number of nitrogens with one attached hydrogen (secondary N) is 2. The van der Waals surface area contributed by atoms with Crippen molar-refractivity contribution in [2.24, 2.45) is 23.2 Å². The van der Waals surface area contributed by atoms with Crippen LogP contribution in [0.2, 0.25) is 5.02 Å². The number of esters is 1. The first-order chi connectivity index (χ1) is 23.4. The normalized spacial score (nSPS) is 13.8. The zero-order valence-corrected chi connectivity index (χ0v) is 31.7. The van der Waals surface area contributed by atoms with Crippen LogP contribution in [0.1, 0.15) is 91.7 Å². The predicted molar refractivity (Wildman–Crippen MR) is 196 cm³/mol. The average Bonchev–Trinajstić information content (AvgIpc) is 3.04. The van der Waals surface area contributed by atoms with Gasteiger partial charge in [0.05, 0.1) is 24.2 Å². The van der Waals surface area contributed by atoms with Crippen molar-refractivity contribution in [2.75, 3.05) is 20.3 Å². The summed E-state index contributed by atoms with van der Waals surface area (Å²) >= 11 is 6.32. The van der Waals surface area contributed by atoms with Crippen molar-refractivity contribution in [1.82, 2.24) is 10.6 Å². The van der Waals surface area contributed by atoms with Gasteiger partial charge in [0, 0.05) is 19.9 Å². The van der Waals surface area contributed by atoms with Crippen LogP contribution in [0.4, 0.5) is 4.39 Å². The second kappa shape index (κ2) is 22.0. The smallest absolute Gasteiger partial charge is 0.313 e. The lowest BCUT2D eigenvalue weighted by molar-refractivity contribution is -0.154. The maximum atomic E-state index is 13.4. The summed E-state index contributed by atoms with van der Waals surface area (Å²) in [4.78, 5) is 48.0. The van der Waals surface area contributed by atoms with E-state index in [0.717, 1.165) is 30.9 Å². The van der Waals surface area contributed by atoms with Crippen molar-refractivity contribution >= 4 is 35.4 Å². The van der Waals surface area contributed by atoms with E-state index in [1.165, 1.54) is 25.3 Å². The predicted octanol–water partition coefficient (Wildman–Crippen LogP) is 7.75. The number of hydrogen-bond acceptors (Lipinski definition) is 6. The summed E-state index contributed by atoms with van der Waals surface area (Å²) in [5.41, 5.74) is 0.886. The molecule has 0 aliphatic heterocycles. The van der Waals surface area contributed by atoms with Gasteiger partial charge in [-0.25, -0.2) is 4.39 Å². The molecule has 0 fully saturated rings. The summed E-state index contributed by atoms with van der Waals surface area (Å²) in [6, 6.07) is 10.9. The van der Waals surface area contributed by atoms with E-state index in [1.54, 1.807) is 32.0 Å². The quantitative estimate of drug-likeness (QED) is 0.106. The molecule has 11 heteroatoms. The lowest BCUT2D eigenvalue weighted by Gasteiger charge is -2.26. The Balaban J connectivity index is 0.00000295. The number of carbonyl (C=O) groups is 4. The van der Waals surface area contributed by atoms with Crippen LogP contribution in [0, 0.1) is 29.0 Å². The SMILES string of the molecule is CC(=O)O.COc1ccc(CC(NC(=O)/C=C/CCC(C)C(C)C(C)c2ccc(F)cc2)C(=O)NCC(C)(C)C(=O)OCCC(C)C)cc1Cl. The van der Waals surface area contributed by atoms with Gasteiger partial charge in [0.25, 0.3) is 5.97 Å². The standard InChI is InChI=1S/C37H52ClFN2O5.C2H4O2/c1-24(2)19-20-46-36(44)37(6,7)23-40-35(43)32(22-28-13-18-33(45-8)31(38)21-28)41-34(42)12-10-9-11-25(3)26(4)27(5)29-14-16-30(39)17-15-29;1-2(3)4/h10,12-18,21,24-27,32H,9,11,19-20,22-23H2,1-8H3,(H,40,43)(H,41,42);1H3,(H,3,4)/b12-10+;. The highest BCUT2D eigenvalue weighted by Gasteiger charge is 2.31. The molecule has 2 aromatic rings. The summed E-state index contributed by atoms with van der Waals surface area (Å²) in [6.07, 6.45) is 5.77. The van der Waals surface area contributed by atoms with E-state index >= 15 is 0 Å². The molecule has 2 aromatic carbocycles. The van der Waals surface area contributed by atoms with Gasteiger partial charge >= 0.3 is 5.97 Å². The Bertz CT molecular complexity index is 1410. The number of rotatable bonds is 18. The molecular weight excluding hydrogens is 663 g/mol. The summed E-state index contributed by atoms with van der Waals surface area (Å²) in [6.45, 7) is 15.5. The lowest BCUT2D eigenvalue weighted by Crippen LogP contribution is -2.50. The number of carboxylic acid groups (broad SMARTS) is 1. The highest BCUT2D eigenvalue weighted by Crippen LogP contribution is 2.32. The summed E-state index contributed by atoms with van der Waals surface area (Å²) in [5, 5.41) is 13.5. The second-order valence-corrected chi connectivity index (χ2v) is 14.2. The first-order valence-electron chi connectivity index (χ1n) is 17.1. The van der Waals surface area contributed by atoms with Crippen LogP contribution in [0.15, 0.2) is 54.6 Å². The number of carboxylic acids is 1. The fourth-order valence-corrected chi connectivity index (χ4v) is 5.24. The molecule has 0 bridgehead atoms. The van der Waals surface area contributed by atoms with E-state index in [1.807, 2.05) is 18.2 Å². The number of allylic oxidation sites excluding steroid dienone is 1. The minimum Gasteiger partial charge on any atom is -0.495 e. The number of carbonyl (C=O) groups excluding carboxylic acids is 3. The Morgan fingerprint density at radius 3 is 2.18 bits per heavy atom. The Morgan fingerprint density at radius 1 is 1.00 bits per heavy atom. The molecule has 0 aliphatic carbocycles. The average molecular weight is 719 g/mol. The monoisotopic (exact) mass is 718 g/mol. The van der Waals surface area contributed by atoms with Crippen LogP contribution >= 0.6 is 11.6 Å². The molecule has 9 nitrogen and oxygen atoms in total. The van der Waals surface area contributed by atoms with E-state index in [2.05, 4.69) is 45.3 Å². The zero-order chi connectivity index (χ0) is 38.0. The molecule has 2 rings (SSSR count). The topological polar surface area (TPSA) is 131 Å². The number of benzene rings is 2. The van der Waals surface area contributed by atoms with Crippen LogP contribution in [-0.2, 0) is 30.3 Å². The molecule has 0 saturated heterocycles. The van der Waals surface area contributed by atoms with Gasteiger partial charge in [-0.2, -0.15) is 0 Å². The van der Waals surface area contributed by atoms with E-state index in [-0.39, 0.29) is 24.7 Å². The van der Waals surface area contributed by atoms with Crippen LogP contribution in [0.5, 0.6) is 5.75 Å². The van der Waals surface area contributed by atoms with Crippen LogP contribution in [0.25, 0.3) is 0 Å². The number of methoxy groups -OCH3 is 1. The fraction of sp³-hybridized carbons (Fsp3) is 0.538. The lowest BCUT2D eigenvalue weighted by atomic mass is 9.79. The summed E-state index contributed by atoms with van der Waals surface area (Å²) < 4.78 is 24.0. The molecular formula is C39H56ClFN2O7. The molecule has 0 spiro atoms. The highest BCUT2D eigenvalue weighted by molar-refractivity contribution is 6.32. The van der Waals surface area contributed by atoms with Gasteiger partial charge in [-0.1, -0.05) is 70.5 Å². The van der Waals surface area contributed by atoms with Crippen molar-refractivity contribution in [3.8, 4) is 5.75 Å². The van der Waals surface area contributed by atoms with E-state index < -0.39 is 35.2 Å². The number of hydrogen-bond donors (Lipinski definition) is 3. The molecule has 2 amide bonds. The van der Waals surface area contributed by atoms with Gasteiger partial charge in [-0.05, 0) is 98.2 Å². The fourth-order valence-electron chi connectivity index (χ4n) is 4.96. The third-order valence-electron chi connectivity index (χ3n) is 8.61. The van der Waals surface area contributed by atoms with Gasteiger partial charge in [-0.3, -0.25) is 19.2 Å². The minimum atomic E-state index is -0.952. The van der Waals surface area contributed by atoms with Crippen LogP contribution < -0.4 is 15.4 Å². The second-order valence-electron chi connectivity index (χ2n) is 13.8. The molecule has 4 unspecified atom stereocenters. The molecule has 278 valence electrons. The number of aliphatic carboxylic acids is 1. The van der Waals surface area contributed by atoms with Crippen molar-refractivity contribution in [3.05, 3.63) is 76.6 Å². The number of halogens is 2. The molecule has 0 radical (unpaired) electrons. The Labute approximate surface area is 302 Å². The molecule has 3 N–H and O–H groups in total. The van der Waals surface area contributed by atoms with Gasteiger partial charge in [0.2, 0.25) is 11.8 Å². The largest absolute Gasteiger partial charge is 0.495 e. The molecule has 0 aromatic heterocycles. The molecule has 4 atom stereocenters. The molecule has 0 heterocycles. The zero-order valence-electron chi connectivity index (χ0n) is 31.0. The van der Waals surface area contributed by atoms with Gasteiger partial charge in [0.1, 0.15) is 17.6 Å². The Kier molecular flexibility index (Phi) is 19.4. The maximum Gasteiger partial charge on any atom is 0.313 e. The molecule has 50 heavy (non-hydrogen) atoms. The van der Waals surface area contributed by atoms with E-state index in [4.69, 9.17) is 31.0 Å². The van der Waals surface area contributed by atoms with Gasteiger partial charge in [-0.15, -0.1) is 0 Å². The van der Waals surface area contributed by atoms with Gasteiger partial charge in [0.15, 0.2) is 0 Å². The maximum absolute atomic E-state index is 13.4. The Hall–Kier alpha value is -3.92. The van der Waals surface area contributed by atoms with E-state index in [9.17, 15) is 18.8 Å². The summed E-state index contributed by atoms with van der Waals surface area (Å²) in [7, 11) is 1.52. The van der Waals surface area contributed by atoms with Crippen LogP contribution in [0.3, 0.4) is 0 Å². The number of amides is 2. The molecule has 0 aliphatic rings. The Morgan fingerprint density at radius 2 is 1.62 bits per heavy atom. The molecule has 0 saturated carbocycles. The highest BCUT2D eigenvalue weighted by atomic mass is 35.5.